The Labute approximate surface area is 465 Å². The van der Waals surface area contributed by atoms with Crippen LogP contribution in [0.3, 0.4) is 0 Å². The Morgan fingerprint density at radius 1 is 0.215 bits per heavy atom. The lowest BCUT2D eigenvalue weighted by Crippen LogP contribution is -2.15. The van der Waals surface area contributed by atoms with Crippen LogP contribution in [0.5, 0.6) is 0 Å². The van der Waals surface area contributed by atoms with Crippen molar-refractivity contribution in [3.63, 3.8) is 0 Å². The summed E-state index contributed by atoms with van der Waals surface area (Å²) in [7, 11) is 0. The highest BCUT2D eigenvalue weighted by atomic mass is 15.1. The Morgan fingerprint density at radius 3 is 0.734 bits per heavy atom. The molecule has 0 saturated heterocycles. The number of fused-ring (bicyclic) bond motifs is 3. The molecule has 0 radical (unpaired) electrons. The van der Waals surface area contributed by atoms with E-state index in [1.807, 2.05) is 0 Å². The van der Waals surface area contributed by atoms with Gasteiger partial charge in [-0.05, 0) is 200 Å². The molecule has 12 aromatic rings. The zero-order valence-corrected chi connectivity index (χ0v) is 45.1. The molecule has 0 amide bonds. The SMILES string of the molecule is Cc1ccc(N(c2ccc(-c3cccc(-c4ccccc4)c3)cc2)c2ccc(-c3ccc4c(c3)C(C)(C)c3cc(-c5ccc(N(c6ccc(C)cc6)c6ccc(-c7cccc(-c8ccccc8)c7)cc6)cc5)ccc3-4)cc2)cc1. The summed E-state index contributed by atoms with van der Waals surface area (Å²) in [5, 5.41) is 0. The molecule has 1 aliphatic rings. The molecule has 0 unspecified atom stereocenters. The van der Waals surface area contributed by atoms with E-state index in [9.17, 15) is 0 Å². The van der Waals surface area contributed by atoms with Gasteiger partial charge in [0, 0.05) is 39.5 Å². The third kappa shape index (κ3) is 9.64. The quantitative estimate of drug-likeness (QED) is 0.120. The molecule has 12 aromatic carbocycles. The summed E-state index contributed by atoms with van der Waals surface area (Å²) < 4.78 is 0. The first-order valence-corrected chi connectivity index (χ1v) is 27.5. The van der Waals surface area contributed by atoms with Crippen molar-refractivity contribution < 1.29 is 0 Å². The number of rotatable bonds is 12. The molecule has 0 heterocycles. The average Bonchev–Trinajstić information content (AvgIpc) is 3.80. The minimum atomic E-state index is -0.189. The van der Waals surface area contributed by atoms with Crippen molar-refractivity contribution in [2.45, 2.75) is 33.1 Å². The maximum absolute atomic E-state index is 2.43. The summed E-state index contributed by atoms with van der Waals surface area (Å²) in [5.74, 6) is 0. The van der Waals surface area contributed by atoms with Gasteiger partial charge in [0.25, 0.3) is 0 Å². The summed E-state index contributed by atoms with van der Waals surface area (Å²) in [5.41, 5.74) is 28.8. The van der Waals surface area contributed by atoms with Gasteiger partial charge < -0.3 is 9.80 Å². The average molecular weight is 1010 g/mol. The van der Waals surface area contributed by atoms with E-state index in [0.717, 1.165) is 34.1 Å². The highest BCUT2D eigenvalue weighted by Crippen LogP contribution is 2.51. The van der Waals surface area contributed by atoms with E-state index in [1.165, 1.54) is 100 Å². The standard InChI is InChI=1S/C77H60N2/c1-53-21-35-67(36-22-53)78(69-39-25-57(26-40-69)63-19-11-17-61(49-63)55-13-7-5-8-14-55)71-43-29-59(30-44-71)65-33-47-73-74-48-34-66(52-76(74)77(3,4)75(73)51-65)60-31-45-72(46-32-60)79(68-37-23-54(2)24-38-68)70-41-27-58(28-42-70)64-20-12-18-62(50-64)56-15-9-6-10-16-56/h5-52H,1-4H3. The van der Waals surface area contributed by atoms with Crippen molar-refractivity contribution in [1.29, 1.82) is 0 Å². The molecular weight excluding hydrogens is 953 g/mol. The van der Waals surface area contributed by atoms with Gasteiger partial charge in [0.2, 0.25) is 0 Å². The molecule has 0 atom stereocenters. The lowest BCUT2D eigenvalue weighted by molar-refractivity contribution is 0.661. The molecule has 0 N–H and O–H groups in total. The van der Waals surface area contributed by atoms with Crippen molar-refractivity contribution in [3.8, 4) is 77.9 Å². The maximum atomic E-state index is 2.43. The Kier molecular flexibility index (Phi) is 12.8. The van der Waals surface area contributed by atoms with Crippen molar-refractivity contribution >= 4 is 34.1 Å². The Morgan fingerprint density at radius 2 is 0.443 bits per heavy atom. The van der Waals surface area contributed by atoms with E-state index in [0.29, 0.717) is 0 Å². The number of benzene rings is 12. The highest BCUT2D eigenvalue weighted by Gasteiger charge is 2.36. The first-order chi connectivity index (χ1) is 38.7. The molecule has 0 bridgehead atoms. The number of hydrogen-bond donors (Lipinski definition) is 0. The van der Waals surface area contributed by atoms with Gasteiger partial charge in [0.05, 0.1) is 0 Å². The molecule has 0 saturated carbocycles. The summed E-state index contributed by atoms with van der Waals surface area (Å²) >= 11 is 0. The van der Waals surface area contributed by atoms with E-state index in [4.69, 9.17) is 0 Å². The number of hydrogen-bond acceptors (Lipinski definition) is 2. The van der Waals surface area contributed by atoms with E-state index < -0.39 is 0 Å². The molecule has 0 aromatic heterocycles. The predicted octanol–water partition coefficient (Wildman–Crippen LogP) is 21.6. The molecule has 2 nitrogen and oxygen atoms in total. The second kappa shape index (κ2) is 20.6. The van der Waals surface area contributed by atoms with E-state index in [-0.39, 0.29) is 5.41 Å². The van der Waals surface area contributed by atoms with Gasteiger partial charge in [0.15, 0.2) is 0 Å². The largest absolute Gasteiger partial charge is 0.311 e. The van der Waals surface area contributed by atoms with Gasteiger partial charge in [-0.2, -0.15) is 0 Å². The Hall–Kier alpha value is -9.76. The van der Waals surface area contributed by atoms with Crippen LogP contribution in [0.2, 0.25) is 0 Å². The fraction of sp³-hybridized carbons (Fsp3) is 0.0649. The molecule has 2 heteroatoms. The lowest BCUT2D eigenvalue weighted by Gasteiger charge is -2.26. The zero-order valence-electron chi connectivity index (χ0n) is 45.1. The molecule has 0 aliphatic heterocycles. The number of aryl methyl sites for hydroxylation is 2. The van der Waals surface area contributed by atoms with Crippen LogP contribution in [0.15, 0.2) is 291 Å². The summed E-state index contributed by atoms with van der Waals surface area (Å²) in [4.78, 5) is 4.71. The molecule has 79 heavy (non-hydrogen) atoms. The number of anilines is 6. The molecule has 1 aliphatic carbocycles. The van der Waals surface area contributed by atoms with Crippen molar-refractivity contribution in [2.24, 2.45) is 0 Å². The second-order valence-electron chi connectivity index (χ2n) is 21.6. The normalized spacial score (nSPS) is 12.2. The van der Waals surface area contributed by atoms with Gasteiger partial charge in [-0.1, -0.05) is 219 Å². The van der Waals surface area contributed by atoms with Crippen molar-refractivity contribution in [1.82, 2.24) is 0 Å². The van der Waals surface area contributed by atoms with Crippen molar-refractivity contribution in [3.05, 3.63) is 313 Å². The Bertz CT molecular complexity index is 3830. The Balaban J connectivity index is 0.752. The van der Waals surface area contributed by atoms with Crippen LogP contribution in [-0.2, 0) is 5.41 Å². The van der Waals surface area contributed by atoms with Gasteiger partial charge in [-0.15, -0.1) is 0 Å². The van der Waals surface area contributed by atoms with Crippen LogP contribution in [0.4, 0.5) is 34.1 Å². The van der Waals surface area contributed by atoms with Crippen LogP contribution < -0.4 is 9.80 Å². The van der Waals surface area contributed by atoms with E-state index in [1.54, 1.807) is 0 Å². The third-order valence-corrected chi connectivity index (χ3v) is 16.0. The highest BCUT2D eigenvalue weighted by molar-refractivity contribution is 5.88. The first kappa shape index (κ1) is 48.9. The minimum Gasteiger partial charge on any atom is -0.311 e. The van der Waals surface area contributed by atoms with Gasteiger partial charge in [0.1, 0.15) is 0 Å². The maximum Gasteiger partial charge on any atom is 0.0462 e. The molecule has 378 valence electrons. The smallest absolute Gasteiger partial charge is 0.0462 e. The topological polar surface area (TPSA) is 6.48 Å². The minimum absolute atomic E-state index is 0.189. The molecular formula is C77H60N2. The van der Waals surface area contributed by atoms with Crippen LogP contribution in [0.1, 0.15) is 36.1 Å². The summed E-state index contributed by atoms with van der Waals surface area (Å²) in [6.45, 7) is 9.05. The third-order valence-electron chi connectivity index (χ3n) is 16.0. The van der Waals surface area contributed by atoms with Gasteiger partial charge in [-0.25, -0.2) is 0 Å². The second-order valence-corrected chi connectivity index (χ2v) is 21.6. The lowest BCUT2D eigenvalue weighted by atomic mass is 9.81. The van der Waals surface area contributed by atoms with Gasteiger partial charge >= 0.3 is 0 Å². The molecule has 0 fully saturated rings. The molecule has 13 rings (SSSR count). The zero-order chi connectivity index (χ0) is 53.5. The summed E-state index contributed by atoms with van der Waals surface area (Å²) in [6, 6.07) is 107. The fourth-order valence-corrected chi connectivity index (χ4v) is 11.6. The monoisotopic (exact) mass is 1010 g/mol. The summed E-state index contributed by atoms with van der Waals surface area (Å²) in [6.07, 6.45) is 0. The first-order valence-electron chi connectivity index (χ1n) is 27.5. The predicted molar refractivity (Wildman–Crippen MR) is 335 cm³/mol. The number of nitrogens with zero attached hydrogens (tertiary/aromatic N) is 2. The molecule has 0 spiro atoms. The van der Waals surface area contributed by atoms with Crippen LogP contribution in [0, 0.1) is 13.8 Å². The van der Waals surface area contributed by atoms with Crippen LogP contribution in [-0.4, -0.2) is 0 Å². The van der Waals surface area contributed by atoms with E-state index in [2.05, 4.69) is 329 Å². The van der Waals surface area contributed by atoms with E-state index >= 15 is 0 Å². The van der Waals surface area contributed by atoms with Crippen LogP contribution >= 0.6 is 0 Å². The van der Waals surface area contributed by atoms with Gasteiger partial charge in [-0.3, -0.25) is 0 Å². The van der Waals surface area contributed by atoms with Crippen molar-refractivity contribution in [2.75, 3.05) is 9.80 Å². The van der Waals surface area contributed by atoms with Crippen LogP contribution in [0.25, 0.3) is 77.9 Å². The fourth-order valence-electron chi connectivity index (χ4n) is 11.6.